The molecule has 0 fully saturated rings. The number of hydrogen-bond donors (Lipinski definition) is 1. The molecule has 1 aromatic rings. The smallest absolute Gasteiger partial charge is 0.313 e. The molecule has 1 aromatic heterocycles. The van der Waals surface area contributed by atoms with Gasteiger partial charge < -0.3 is 10.5 Å². The molecule has 0 aromatic carbocycles. The van der Waals surface area contributed by atoms with Gasteiger partial charge in [-0.25, -0.2) is 4.98 Å². The molecule has 0 aliphatic heterocycles. The van der Waals surface area contributed by atoms with Gasteiger partial charge in [0.25, 0.3) is 0 Å². The lowest BCUT2D eigenvalue weighted by Gasteiger charge is -2.27. The number of nitrogens with zero attached hydrogens (tertiary/aromatic N) is 1. The van der Waals surface area contributed by atoms with Gasteiger partial charge in [-0.05, 0) is 20.3 Å². The molecule has 2 N–H and O–H groups in total. The molecule has 0 aliphatic rings. The zero-order chi connectivity index (χ0) is 12.9. The average Bonchev–Trinajstić information content (AvgIpc) is 2.72. The summed E-state index contributed by atoms with van der Waals surface area (Å²) in [6, 6.07) is 0. The van der Waals surface area contributed by atoms with Crippen LogP contribution in [0, 0.1) is 12.3 Å². The van der Waals surface area contributed by atoms with E-state index in [0.717, 1.165) is 10.7 Å². The van der Waals surface area contributed by atoms with Crippen molar-refractivity contribution in [2.75, 3.05) is 13.2 Å². The number of ether oxygens (including phenoxy) is 1. The van der Waals surface area contributed by atoms with E-state index in [-0.39, 0.29) is 5.97 Å². The molecule has 1 atom stereocenters. The molecular formula is C12H20N2O2S. The van der Waals surface area contributed by atoms with Gasteiger partial charge in [0.05, 0.1) is 22.7 Å². The maximum absolute atomic E-state index is 12.0. The summed E-state index contributed by atoms with van der Waals surface area (Å²) in [5, 5.41) is 2.99. The van der Waals surface area contributed by atoms with Gasteiger partial charge in [0, 0.05) is 18.3 Å². The lowest BCUT2D eigenvalue weighted by molar-refractivity contribution is -0.155. The third-order valence-electron chi connectivity index (χ3n) is 2.96. The Labute approximate surface area is 106 Å². The Morgan fingerprint density at radius 3 is 2.71 bits per heavy atom. The number of aromatic nitrogens is 1. The van der Waals surface area contributed by atoms with Crippen molar-refractivity contribution in [1.82, 2.24) is 4.98 Å². The lowest BCUT2D eigenvalue weighted by atomic mass is 9.81. The first kappa shape index (κ1) is 14.1. The van der Waals surface area contributed by atoms with E-state index in [4.69, 9.17) is 10.5 Å². The summed E-state index contributed by atoms with van der Waals surface area (Å²) in [7, 11) is 0. The zero-order valence-electron chi connectivity index (χ0n) is 10.7. The average molecular weight is 256 g/mol. The fourth-order valence-electron chi connectivity index (χ4n) is 1.76. The van der Waals surface area contributed by atoms with Crippen LogP contribution in [0.3, 0.4) is 0 Å². The van der Waals surface area contributed by atoms with E-state index in [0.29, 0.717) is 26.0 Å². The van der Waals surface area contributed by atoms with Gasteiger partial charge in [-0.2, -0.15) is 0 Å². The Morgan fingerprint density at radius 1 is 1.59 bits per heavy atom. The number of carbonyl (C=O) groups is 1. The van der Waals surface area contributed by atoms with E-state index in [2.05, 4.69) is 4.98 Å². The van der Waals surface area contributed by atoms with E-state index < -0.39 is 5.41 Å². The monoisotopic (exact) mass is 256 g/mol. The molecule has 4 nitrogen and oxygen atoms in total. The van der Waals surface area contributed by atoms with Gasteiger partial charge in [-0.3, -0.25) is 4.79 Å². The van der Waals surface area contributed by atoms with E-state index >= 15 is 0 Å². The van der Waals surface area contributed by atoms with Crippen molar-refractivity contribution in [3.63, 3.8) is 0 Å². The summed E-state index contributed by atoms with van der Waals surface area (Å²) in [6.45, 7) is 6.40. The molecule has 0 amide bonds. The lowest BCUT2D eigenvalue weighted by Crippen LogP contribution is -2.41. The van der Waals surface area contributed by atoms with Crippen LogP contribution < -0.4 is 5.73 Å². The summed E-state index contributed by atoms with van der Waals surface area (Å²) in [4.78, 5) is 16.4. The highest BCUT2D eigenvalue weighted by Crippen LogP contribution is 2.28. The predicted molar refractivity (Wildman–Crippen MR) is 69.0 cm³/mol. The molecule has 1 rings (SSSR count). The van der Waals surface area contributed by atoms with Crippen LogP contribution in [0.2, 0.25) is 0 Å². The van der Waals surface area contributed by atoms with Crippen LogP contribution in [0.25, 0.3) is 0 Å². The van der Waals surface area contributed by atoms with Gasteiger partial charge in [-0.1, -0.05) is 6.92 Å². The van der Waals surface area contributed by atoms with Crippen LogP contribution in [0.4, 0.5) is 0 Å². The Hall–Kier alpha value is -0.940. The van der Waals surface area contributed by atoms with Crippen LogP contribution in [0.15, 0.2) is 5.38 Å². The van der Waals surface area contributed by atoms with E-state index in [1.54, 1.807) is 11.3 Å². The summed E-state index contributed by atoms with van der Waals surface area (Å²) in [6.07, 6.45) is 1.22. The van der Waals surface area contributed by atoms with Gasteiger partial charge in [-0.15, -0.1) is 11.3 Å². The maximum atomic E-state index is 12.0. The maximum Gasteiger partial charge on any atom is 0.313 e. The second kappa shape index (κ2) is 6.12. The molecule has 0 bridgehead atoms. The van der Waals surface area contributed by atoms with E-state index in [9.17, 15) is 4.79 Å². The van der Waals surface area contributed by atoms with Crippen molar-refractivity contribution in [3.8, 4) is 0 Å². The summed E-state index contributed by atoms with van der Waals surface area (Å²) < 4.78 is 5.12. The zero-order valence-corrected chi connectivity index (χ0v) is 11.5. The minimum atomic E-state index is -0.628. The molecule has 17 heavy (non-hydrogen) atoms. The molecule has 0 aliphatic carbocycles. The van der Waals surface area contributed by atoms with Crippen molar-refractivity contribution in [1.29, 1.82) is 0 Å². The fourth-order valence-corrected chi connectivity index (χ4v) is 2.37. The largest absolute Gasteiger partial charge is 0.466 e. The molecule has 0 saturated heterocycles. The van der Waals surface area contributed by atoms with Crippen LogP contribution in [0.5, 0.6) is 0 Å². The first-order valence-corrected chi connectivity index (χ1v) is 6.74. The van der Waals surface area contributed by atoms with Crippen molar-refractivity contribution < 1.29 is 9.53 Å². The third kappa shape index (κ3) is 3.26. The second-order valence-corrected chi connectivity index (χ2v) is 5.16. The highest BCUT2D eigenvalue weighted by atomic mass is 32.1. The molecule has 96 valence electrons. The minimum Gasteiger partial charge on any atom is -0.466 e. The van der Waals surface area contributed by atoms with E-state index in [1.807, 2.05) is 26.2 Å². The number of thiazole rings is 1. The molecule has 0 spiro atoms. The highest BCUT2D eigenvalue weighted by Gasteiger charge is 2.37. The standard InChI is InChI=1S/C12H20N2O2S/c1-4-12(8-13,11(15)16-5-2)6-10-7-17-9(3)14-10/h7H,4-6,8,13H2,1-3H3. The van der Waals surface area contributed by atoms with Crippen LogP contribution in [-0.2, 0) is 16.0 Å². The number of esters is 1. The Kier molecular flexibility index (Phi) is 5.08. The van der Waals surface area contributed by atoms with Crippen LogP contribution in [0.1, 0.15) is 31.0 Å². The minimum absolute atomic E-state index is 0.212. The number of rotatable bonds is 6. The molecule has 1 heterocycles. The first-order valence-electron chi connectivity index (χ1n) is 5.86. The number of hydrogen-bond acceptors (Lipinski definition) is 5. The second-order valence-electron chi connectivity index (χ2n) is 4.09. The van der Waals surface area contributed by atoms with Gasteiger partial charge >= 0.3 is 5.97 Å². The van der Waals surface area contributed by atoms with Crippen LogP contribution in [-0.4, -0.2) is 24.1 Å². The van der Waals surface area contributed by atoms with Gasteiger partial charge in [0.15, 0.2) is 0 Å². The van der Waals surface area contributed by atoms with E-state index in [1.165, 1.54) is 0 Å². The molecular weight excluding hydrogens is 236 g/mol. The molecule has 0 saturated carbocycles. The molecule has 5 heteroatoms. The number of nitrogens with two attached hydrogens (primary N) is 1. The van der Waals surface area contributed by atoms with Gasteiger partial charge in [0.2, 0.25) is 0 Å². The fraction of sp³-hybridized carbons (Fsp3) is 0.667. The van der Waals surface area contributed by atoms with Crippen molar-refractivity contribution in [2.24, 2.45) is 11.1 Å². The molecule has 0 radical (unpaired) electrons. The Balaban J connectivity index is 2.87. The normalized spacial score (nSPS) is 14.4. The quantitative estimate of drug-likeness (QED) is 0.790. The predicted octanol–water partition coefficient (Wildman–Crippen LogP) is 1.91. The number of carbonyl (C=O) groups excluding carboxylic acids is 1. The highest BCUT2D eigenvalue weighted by molar-refractivity contribution is 7.09. The third-order valence-corrected chi connectivity index (χ3v) is 3.78. The van der Waals surface area contributed by atoms with Crippen molar-refractivity contribution in [3.05, 3.63) is 16.1 Å². The van der Waals surface area contributed by atoms with Crippen molar-refractivity contribution >= 4 is 17.3 Å². The number of aryl methyl sites for hydroxylation is 1. The summed E-state index contributed by atoms with van der Waals surface area (Å²) in [5.41, 5.74) is 6.07. The first-order chi connectivity index (χ1) is 8.07. The summed E-state index contributed by atoms with van der Waals surface area (Å²) in [5.74, 6) is -0.212. The molecule has 1 unspecified atom stereocenters. The summed E-state index contributed by atoms with van der Waals surface area (Å²) >= 11 is 1.59. The van der Waals surface area contributed by atoms with Crippen LogP contribution >= 0.6 is 11.3 Å². The Bertz CT molecular complexity index is 372. The van der Waals surface area contributed by atoms with Crippen molar-refractivity contribution in [2.45, 2.75) is 33.6 Å². The Morgan fingerprint density at radius 2 is 2.29 bits per heavy atom. The SMILES string of the molecule is CCOC(=O)C(CC)(CN)Cc1csc(C)n1. The topological polar surface area (TPSA) is 65.2 Å². The van der Waals surface area contributed by atoms with Gasteiger partial charge in [0.1, 0.15) is 0 Å².